The van der Waals surface area contributed by atoms with Crippen molar-refractivity contribution in [2.24, 2.45) is 5.73 Å². The minimum atomic E-state index is -0.00505. The van der Waals surface area contributed by atoms with Crippen molar-refractivity contribution in [1.82, 2.24) is 0 Å². The average molecular weight is 179 g/mol. The Morgan fingerprint density at radius 1 is 1.54 bits per heavy atom. The first kappa shape index (κ1) is 8.38. The number of ether oxygens (including phenoxy) is 1. The third-order valence-corrected chi connectivity index (χ3v) is 2.36. The maximum absolute atomic E-state index is 9.38. The van der Waals surface area contributed by atoms with E-state index in [2.05, 4.69) is 0 Å². The standard InChI is InChI=1S/C10H13NO2/c1-6-4-7(12)5-8-9(11)2-3-13-10(6)8/h4-5,9,12H,2-3,11H2,1H3/t9-/m0/s1. The molecule has 2 rings (SSSR count). The minimum absolute atomic E-state index is 0.00505. The molecule has 0 aromatic heterocycles. The third kappa shape index (κ3) is 1.35. The first-order chi connectivity index (χ1) is 6.18. The van der Waals surface area contributed by atoms with Crippen LogP contribution in [0.4, 0.5) is 0 Å². The molecule has 0 saturated carbocycles. The van der Waals surface area contributed by atoms with Crippen molar-refractivity contribution in [3.05, 3.63) is 23.3 Å². The molecule has 1 aliphatic rings. The Kier molecular flexibility index (Phi) is 1.88. The van der Waals surface area contributed by atoms with Gasteiger partial charge in [0.15, 0.2) is 0 Å². The van der Waals surface area contributed by atoms with E-state index in [-0.39, 0.29) is 11.8 Å². The molecule has 1 aromatic carbocycles. The fourth-order valence-corrected chi connectivity index (χ4v) is 1.70. The summed E-state index contributed by atoms with van der Waals surface area (Å²) in [5, 5.41) is 9.38. The van der Waals surface area contributed by atoms with E-state index in [4.69, 9.17) is 10.5 Å². The van der Waals surface area contributed by atoms with Gasteiger partial charge in [-0.3, -0.25) is 0 Å². The summed E-state index contributed by atoms with van der Waals surface area (Å²) in [5.74, 6) is 1.11. The SMILES string of the molecule is Cc1cc(O)cc2c1OCC[C@@H]2N. The smallest absolute Gasteiger partial charge is 0.127 e. The molecule has 1 heterocycles. The number of fused-ring (bicyclic) bond motifs is 1. The van der Waals surface area contributed by atoms with Crippen molar-refractivity contribution in [3.8, 4) is 11.5 Å². The molecule has 1 aliphatic heterocycles. The highest BCUT2D eigenvalue weighted by molar-refractivity contribution is 5.48. The summed E-state index contributed by atoms with van der Waals surface area (Å²) < 4.78 is 5.49. The normalized spacial score (nSPS) is 20.6. The number of phenolic OH excluding ortho intramolecular Hbond substituents is 1. The molecule has 3 N–H and O–H groups in total. The molecule has 0 fully saturated rings. The summed E-state index contributed by atoms with van der Waals surface area (Å²) in [4.78, 5) is 0. The van der Waals surface area contributed by atoms with Gasteiger partial charge >= 0.3 is 0 Å². The molecular weight excluding hydrogens is 166 g/mol. The van der Waals surface area contributed by atoms with E-state index in [1.165, 1.54) is 0 Å². The van der Waals surface area contributed by atoms with Crippen molar-refractivity contribution in [2.75, 3.05) is 6.61 Å². The van der Waals surface area contributed by atoms with E-state index in [9.17, 15) is 5.11 Å². The van der Waals surface area contributed by atoms with Crippen LogP contribution in [0.1, 0.15) is 23.6 Å². The molecule has 3 nitrogen and oxygen atoms in total. The van der Waals surface area contributed by atoms with Gasteiger partial charge < -0.3 is 15.6 Å². The van der Waals surface area contributed by atoms with Gasteiger partial charge in [-0.1, -0.05) is 0 Å². The zero-order valence-electron chi connectivity index (χ0n) is 7.58. The van der Waals surface area contributed by atoms with Crippen LogP contribution in [0.2, 0.25) is 0 Å². The topological polar surface area (TPSA) is 55.5 Å². The van der Waals surface area contributed by atoms with Crippen molar-refractivity contribution in [3.63, 3.8) is 0 Å². The van der Waals surface area contributed by atoms with Gasteiger partial charge in [0.1, 0.15) is 11.5 Å². The van der Waals surface area contributed by atoms with Gasteiger partial charge in [-0.05, 0) is 24.6 Å². The highest BCUT2D eigenvalue weighted by Crippen LogP contribution is 2.36. The predicted octanol–water partition coefficient (Wildman–Crippen LogP) is 1.48. The Balaban J connectivity index is 2.56. The van der Waals surface area contributed by atoms with Gasteiger partial charge in [0, 0.05) is 18.0 Å². The lowest BCUT2D eigenvalue weighted by atomic mass is 9.98. The largest absolute Gasteiger partial charge is 0.508 e. The van der Waals surface area contributed by atoms with Crippen LogP contribution < -0.4 is 10.5 Å². The van der Waals surface area contributed by atoms with Gasteiger partial charge in [0.05, 0.1) is 6.61 Å². The summed E-state index contributed by atoms with van der Waals surface area (Å²) >= 11 is 0. The molecular formula is C10H13NO2. The number of hydrogen-bond acceptors (Lipinski definition) is 3. The Morgan fingerprint density at radius 3 is 3.08 bits per heavy atom. The van der Waals surface area contributed by atoms with Crippen LogP contribution in [-0.2, 0) is 0 Å². The maximum Gasteiger partial charge on any atom is 0.127 e. The van der Waals surface area contributed by atoms with Gasteiger partial charge in [-0.2, -0.15) is 0 Å². The van der Waals surface area contributed by atoms with Crippen molar-refractivity contribution >= 4 is 0 Å². The first-order valence-corrected chi connectivity index (χ1v) is 4.40. The van der Waals surface area contributed by atoms with Gasteiger partial charge in [0.2, 0.25) is 0 Å². The number of benzene rings is 1. The zero-order valence-corrected chi connectivity index (χ0v) is 7.58. The van der Waals surface area contributed by atoms with Gasteiger partial charge in [0.25, 0.3) is 0 Å². The molecule has 3 heteroatoms. The minimum Gasteiger partial charge on any atom is -0.508 e. The van der Waals surface area contributed by atoms with Crippen molar-refractivity contribution < 1.29 is 9.84 Å². The molecule has 0 aliphatic carbocycles. The number of rotatable bonds is 0. The van der Waals surface area contributed by atoms with Crippen molar-refractivity contribution in [2.45, 2.75) is 19.4 Å². The Labute approximate surface area is 77.1 Å². The third-order valence-electron chi connectivity index (χ3n) is 2.36. The van der Waals surface area contributed by atoms with Crippen LogP contribution in [0.25, 0.3) is 0 Å². The second kappa shape index (κ2) is 2.92. The summed E-state index contributed by atoms with van der Waals surface area (Å²) in [6, 6.07) is 3.37. The molecule has 0 radical (unpaired) electrons. The first-order valence-electron chi connectivity index (χ1n) is 4.40. The van der Waals surface area contributed by atoms with Crippen molar-refractivity contribution in [1.29, 1.82) is 0 Å². The predicted molar refractivity (Wildman–Crippen MR) is 49.9 cm³/mol. The Bertz CT molecular complexity index is 336. The van der Waals surface area contributed by atoms with Crippen LogP contribution in [0.3, 0.4) is 0 Å². The summed E-state index contributed by atoms with van der Waals surface area (Å²) in [5.41, 5.74) is 7.76. The molecule has 0 bridgehead atoms. The number of hydrogen-bond donors (Lipinski definition) is 2. The maximum atomic E-state index is 9.38. The zero-order chi connectivity index (χ0) is 9.42. The van der Waals surface area contributed by atoms with E-state index in [0.717, 1.165) is 23.3 Å². The van der Waals surface area contributed by atoms with Crippen LogP contribution in [0, 0.1) is 6.92 Å². The fourth-order valence-electron chi connectivity index (χ4n) is 1.70. The van der Waals surface area contributed by atoms with E-state index in [1.54, 1.807) is 12.1 Å². The lowest BCUT2D eigenvalue weighted by Crippen LogP contribution is -2.21. The van der Waals surface area contributed by atoms with E-state index < -0.39 is 0 Å². The quantitative estimate of drug-likeness (QED) is 0.634. The van der Waals surface area contributed by atoms with E-state index in [1.807, 2.05) is 6.92 Å². The average Bonchev–Trinajstić information content (AvgIpc) is 2.07. The molecule has 0 amide bonds. The highest BCUT2D eigenvalue weighted by Gasteiger charge is 2.20. The Morgan fingerprint density at radius 2 is 2.31 bits per heavy atom. The van der Waals surface area contributed by atoms with Crippen LogP contribution in [0.5, 0.6) is 11.5 Å². The highest BCUT2D eigenvalue weighted by atomic mass is 16.5. The molecule has 0 saturated heterocycles. The fraction of sp³-hybridized carbons (Fsp3) is 0.400. The number of phenols is 1. The van der Waals surface area contributed by atoms with Crippen LogP contribution in [-0.4, -0.2) is 11.7 Å². The lowest BCUT2D eigenvalue weighted by molar-refractivity contribution is 0.266. The van der Waals surface area contributed by atoms with Gasteiger partial charge in [-0.25, -0.2) is 0 Å². The van der Waals surface area contributed by atoms with E-state index >= 15 is 0 Å². The lowest BCUT2D eigenvalue weighted by Gasteiger charge is -2.24. The number of aryl methyl sites for hydroxylation is 1. The molecule has 0 unspecified atom stereocenters. The molecule has 1 atom stereocenters. The summed E-state index contributed by atoms with van der Waals surface area (Å²) in [6.07, 6.45) is 0.815. The second-order valence-electron chi connectivity index (χ2n) is 3.42. The Hall–Kier alpha value is -1.22. The summed E-state index contributed by atoms with van der Waals surface area (Å²) in [6.45, 7) is 2.58. The molecule has 13 heavy (non-hydrogen) atoms. The number of aromatic hydroxyl groups is 1. The van der Waals surface area contributed by atoms with Gasteiger partial charge in [-0.15, -0.1) is 0 Å². The second-order valence-corrected chi connectivity index (χ2v) is 3.42. The van der Waals surface area contributed by atoms with E-state index in [0.29, 0.717) is 6.61 Å². The monoisotopic (exact) mass is 179 g/mol. The van der Waals surface area contributed by atoms with Crippen LogP contribution >= 0.6 is 0 Å². The molecule has 70 valence electrons. The van der Waals surface area contributed by atoms with Crippen LogP contribution in [0.15, 0.2) is 12.1 Å². The molecule has 1 aromatic rings. The molecule has 0 spiro atoms. The number of nitrogens with two attached hydrogens (primary N) is 1. The summed E-state index contributed by atoms with van der Waals surface area (Å²) in [7, 11) is 0.